The zero-order valence-corrected chi connectivity index (χ0v) is 9.27. The minimum absolute atomic E-state index is 0.460. The summed E-state index contributed by atoms with van der Waals surface area (Å²) >= 11 is 0. The fourth-order valence-electron chi connectivity index (χ4n) is 2.00. The van der Waals surface area contributed by atoms with Crippen LogP contribution in [0.3, 0.4) is 0 Å². The molecule has 1 fully saturated rings. The van der Waals surface area contributed by atoms with Crippen LogP contribution < -0.4 is 10.6 Å². The summed E-state index contributed by atoms with van der Waals surface area (Å²) in [5, 5.41) is 12.1. The maximum Gasteiger partial charge on any atom is 0.160 e. The van der Waals surface area contributed by atoms with Gasteiger partial charge in [0.1, 0.15) is 0 Å². The molecule has 1 aliphatic rings. The molecular weight excluding hydrogens is 202 g/mol. The molecule has 3 heterocycles. The monoisotopic (exact) mass is 217 g/mol. The number of hydrogen-bond donors (Lipinski definition) is 2. The van der Waals surface area contributed by atoms with Gasteiger partial charge in [-0.05, 0) is 13.0 Å². The minimum atomic E-state index is 0.460. The zero-order chi connectivity index (χ0) is 11.0. The van der Waals surface area contributed by atoms with Gasteiger partial charge in [0.2, 0.25) is 0 Å². The summed E-state index contributed by atoms with van der Waals surface area (Å²) in [6.07, 6.45) is 3.74. The van der Waals surface area contributed by atoms with Crippen molar-refractivity contribution < 1.29 is 0 Å². The van der Waals surface area contributed by atoms with Gasteiger partial charge in [-0.15, -0.1) is 0 Å². The summed E-state index contributed by atoms with van der Waals surface area (Å²) < 4.78 is 2.02. The second-order valence-electron chi connectivity index (χ2n) is 4.03. The molecule has 0 saturated carbocycles. The lowest BCUT2D eigenvalue weighted by Crippen LogP contribution is -2.43. The van der Waals surface area contributed by atoms with Crippen LogP contribution in [-0.2, 0) is 0 Å². The fourth-order valence-corrected chi connectivity index (χ4v) is 2.00. The smallest absolute Gasteiger partial charge is 0.160 e. The van der Waals surface area contributed by atoms with Gasteiger partial charge in [-0.1, -0.05) is 0 Å². The van der Waals surface area contributed by atoms with E-state index < -0.39 is 0 Å². The first-order chi connectivity index (χ1) is 7.90. The first kappa shape index (κ1) is 9.59. The number of rotatable bonds is 3. The number of nitrogens with zero attached hydrogens (tertiary/aromatic N) is 3. The van der Waals surface area contributed by atoms with E-state index in [2.05, 4.69) is 27.6 Å². The van der Waals surface area contributed by atoms with Crippen molar-refractivity contribution in [2.45, 2.75) is 13.0 Å². The van der Waals surface area contributed by atoms with Crippen LogP contribution in [0, 0.1) is 0 Å². The van der Waals surface area contributed by atoms with Gasteiger partial charge in [0, 0.05) is 31.5 Å². The van der Waals surface area contributed by atoms with Crippen molar-refractivity contribution >= 4 is 16.7 Å². The van der Waals surface area contributed by atoms with Crippen LogP contribution in [0.2, 0.25) is 0 Å². The highest BCUT2D eigenvalue weighted by molar-refractivity contribution is 5.88. The molecule has 0 radical (unpaired) electrons. The molecule has 3 rings (SSSR count). The van der Waals surface area contributed by atoms with E-state index in [0.717, 1.165) is 36.4 Å². The van der Waals surface area contributed by atoms with Crippen molar-refractivity contribution in [2.24, 2.45) is 0 Å². The van der Waals surface area contributed by atoms with E-state index in [1.54, 1.807) is 0 Å². The fraction of sp³-hybridized carbons (Fsp3) is 0.455. The van der Waals surface area contributed by atoms with Crippen LogP contribution in [0.1, 0.15) is 13.0 Å². The van der Waals surface area contributed by atoms with Gasteiger partial charge in [-0.2, -0.15) is 5.10 Å². The lowest BCUT2D eigenvalue weighted by atomic mass is 10.2. The van der Waals surface area contributed by atoms with Crippen molar-refractivity contribution in [2.75, 3.05) is 25.0 Å². The molecule has 2 N–H and O–H groups in total. The van der Waals surface area contributed by atoms with Crippen molar-refractivity contribution in [3.63, 3.8) is 0 Å². The summed E-state index contributed by atoms with van der Waals surface area (Å²) in [6, 6.07) is 2.46. The molecule has 0 aliphatic carbocycles. The molecule has 1 saturated heterocycles. The normalized spacial score (nSPS) is 16.3. The molecule has 2 aromatic heterocycles. The SMILES string of the molecule is CCNc1ccnc2c1cnn2C1CNC1. The van der Waals surface area contributed by atoms with Gasteiger partial charge < -0.3 is 10.6 Å². The Labute approximate surface area is 93.9 Å². The number of aromatic nitrogens is 3. The summed E-state index contributed by atoms with van der Waals surface area (Å²) in [5.41, 5.74) is 2.09. The third-order valence-electron chi connectivity index (χ3n) is 2.97. The number of fused-ring (bicyclic) bond motifs is 1. The largest absolute Gasteiger partial charge is 0.385 e. The van der Waals surface area contributed by atoms with Crippen LogP contribution in [0.4, 0.5) is 5.69 Å². The van der Waals surface area contributed by atoms with E-state index in [0.29, 0.717) is 6.04 Å². The quantitative estimate of drug-likeness (QED) is 0.805. The first-order valence-electron chi connectivity index (χ1n) is 5.67. The van der Waals surface area contributed by atoms with Gasteiger partial charge >= 0.3 is 0 Å². The standard InChI is InChI=1S/C11H15N5/c1-2-13-10-3-4-14-11-9(10)7-15-16(11)8-5-12-6-8/h3-4,7-8,12H,2,5-6H2,1H3,(H,13,14). The summed E-state index contributed by atoms with van der Waals surface area (Å²) in [7, 11) is 0. The van der Waals surface area contributed by atoms with Crippen LogP contribution in [0.5, 0.6) is 0 Å². The molecule has 5 heteroatoms. The topological polar surface area (TPSA) is 54.8 Å². The predicted molar refractivity (Wildman–Crippen MR) is 63.6 cm³/mol. The lowest BCUT2D eigenvalue weighted by Gasteiger charge is -2.27. The average Bonchev–Trinajstić information content (AvgIpc) is 2.62. The highest BCUT2D eigenvalue weighted by atomic mass is 15.3. The van der Waals surface area contributed by atoms with Gasteiger partial charge in [-0.25, -0.2) is 9.67 Å². The molecular formula is C11H15N5. The lowest BCUT2D eigenvalue weighted by molar-refractivity contribution is 0.325. The Morgan fingerprint density at radius 2 is 2.44 bits per heavy atom. The molecule has 84 valence electrons. The number of hydrogen-bond acceptors (Lipinski definition) is 4. The Kier molecular flexibility index (Phi) is 2.25. The molecule has 0 bridgehead atoms. The average molecular weight is 217 g/mol. The van der Waals surface area contributed by atoms with E-state index >= 15 is 0 Å². The molecule has 0 spiro atoms. The predicted octanol–water partition coefficient (Wildman–Crippen LogP) is 1.01. The Morgan fingerprint density at radius 1 is 1.56 bits per heavy atom. The van der Waals surface area contributed by atoms with Crippen molar-refractivity contribution in [1.82, 2.24) is 20.1 Å². The van der Waals surface area contributed by atoms with Gasteiger partial charge in [0.15, 0.2) is 5.65 Å². The summed E-state index contributed by atoms with van der Waals surface area (Å²) in [4.78, 5) is 4.42. The highest BCUT2D eigenvalue weighted by Gasteiger charge is 2.22. The molecule has 0 unspecified atom stereocenters. The van der Waals surface area contributed by atoms with Crippen molar-refractivity contribution in [1.29, 1.82) is 0 Å². The van der Waals surface area contributed by atoms with E-state index in [1.165, 1.54) is 0 Å². The van der Waals surface area contributed by atoms with E-state index in [1.807, 2.05) is 23.1 Å². The van der Waals surface area contributed by atoms with E-state index in [9.17, 15) is 0 Å². The molecule has 1 aliphatic heterocycles. The van der Waals surface area contributed by atoms with Gasteiger partial charge in [0.25, 0.3) is 0 Å². The van der Waals surface area contributed by atoms with Crippen LogP contribution >= 0.6 is 0 Å². The van der Waals surface area contributed by atoms with E-state index in [-0.39, 0.29) is 0 Å². The maximum absolute atomic E-state index is 4.43. The molecule has 0 amide bonds. The second-order valence-corrected chi connectivity index (χ2v) is 4.03. The zero-order valence-electron chi connectivity index (χ0n) is 9.27. The summed E-state index contributed by atoms with van der Waals surface area (Å²) in [6.45, 7) is 4.98. The number of nitrogens with one attached hydrogen (secondary N) is 2. The highest BCUT2D eigenvalue weighted by Crippen LogP contribution is 2.24. The van der Waals surface area contributed by atoms with Gasteiger partial charge in [0.05, 0.1) is 17.6 Å². The molecule has 5 nitrogen and oxygen atoms in total. The minimum Gasteiger partial charge on any atom is -0.385 e. The van der Waals surface area contributed by atoms with Crippen LogP contribution in [0.25, 0.3) is 11.0 Å². The molecule has 0 atom stereocenters. The van der Waals surface area contributed by atoms with Crippen LogP contribution in [-0.4, -0.2) is 34.4 Å². The summed E-state index contributed by atoms with van der Waals surface area (Å²) in [5.74, 6) is 0. The van der Waals surface area contributed by atoms with Gasteiger partial charge in [-0.3, -0.25) is 0 Å². The molecule has 16 heavy (non-hydrogen) atoms. The third-order valence-corrected chi connectivity index (χ3v) is 2.97. The number of pyridine rings is 1. The Morgan fingerprint density at radius 3 is 3.12 bits per heavy atom. The second kappa shape index (κ2) is 3.75. The first-order valence-corrected chi connectivity index (χ1v) is 5.67. The Hall–Kier alpha value is -1.62. The Balaban J connectivity index is 2.08. The Bertz CT molecular complexity index is 500. The molecule has 0 aromatic carbocycles. The number of anilines is 1. The third kappa shape index (κ3) is 1.36. The van der Waals surface area contributed by atoms with Crippen molar-refractivity contribution in [3.8, 4) is 0 Å². The maximum atomic E-state index is 4.43. The van der Waals surface area contributed by atoms with Crippen LogP contribution in [0.15, 0.2) is 18.5 Å². The molecule has 2 aromatic rings. The van der Waals surface area contributed by atoms with E-state index in [4.69, 9.17) is 0 Å². The van der Waals surface area contributed by atoms with Crippen molar-refractivity contribution in [3.05, 3.63) is 18.5 Å².